The largest absolute Gasteiger partial charge is 0.395 e. The van der Waals surface area contributed by atoms with Crippen molar-refractivity contribution in [3.05, 3.63) is 0 Å². The summed E-state index contributed by atoms with van der Waals surface area (Å²) >= 11 is 1.14. The fraction of sp³-hybridized carbons (Fsp3) is 0.727. The van der Waals surface area contributed by atoms with Crippen molar-refractivity contribution in [2.24, 2.45) is 0 Å². The van der Waals surface area contributed by atoms with Crippen LogP contribution in [0.1, 0.15) is 6.92 Å². The van der Waals surface area contributed by atoms with Crippen molar-refractivity contribution >= 4 is 32.2 Å². The van der Waals surface area contributed by atoms with Gasteiger partial charge in [0.25, 0.3) is 0 Å². The van der Waals surface area contributed by atoms with Gasteiger partial charge >= 0.3 is 0 Å². The van der Waals surface area contributed by atoms with Gasteiger partial charge in [-0.05, 0) is 11.5 Å². The molecule has 0 unspecified atom stereocenters. The van der Waals surface area contributed by atoms with Gasteiger partial charge in [0.1, 0.15) is 9.90 Å². The second kappa shape index (κ2) is 6.25. The Morgan fingerprint density at radius 1 is 1.35 bits per heavy atom. The van der Waals surface area contributed by atoms with Gasteiger partial charge in [0.15, 0.2) is 15.7 Å². The SMILES string of the molecule is CCS(=O)(=O)c1c(N)nsc1N1CCN(CCO)CC1. The zero-order chi connectivity index (χ0) is 14.8. The Labute approximate surface area is 123 Å². The molecule has 1 fully saturated rings. The van der Waals surface area contributed by atoms with E-state index in [4.69, 9.17) is 10.8 Å². The molecule has 114 valence electrons. The number of hydrogen-bond acceptors (Lipinski definition) is 8. The number of anilines is 2. The molecule has 1 aliphatic heterocycles. The van der Waals surface area contributed by atoms with E-state index in [1.165, 1.54) is 0 Å². The number of aliphatic hydroxyl groups excluding tert-OH is 1. The highest BCUT2D eigenvalue weighted by Crippen LogP contribution is 2.35. The van der Waals surface area contributed by atoms with Gasteiger partial charge in [-0.25, -0.2) is 8.42 Å². The van der Waals surface area contributed by atoms with E-state index >= 15 is 0 Å². The summed E-state index contributed by atoms with van der Waals surface area (Å²) in [7, 11) is -3.36. The predicted octanol–water partition coefficient (Wildman–Crippen LogP) is -0.367. The molecule has 0 saturated carbocycles. The molecule has 1 saturated heterocycles. The first-order chi connectivity index (χ1) is 9.49. The lowest BCUT2D eigenvalue weighted by Gasteiger charge is -2.35. The number of piperazine rings is 1. The highest BCUT2D eigenvalue weighted by Gasteiger charge is 2.28. The highest BCUT2D eigenvalue weighted by molar-refractivity contribution is 7.91. The number of sulfone groups is 1. The first-order valence-electron chi connectivity index (χ1n) is 6.55. The maximum atomic E-state index is 12.1. The summed E-state index contributed by atoms with van der Waals surface area (Å²) in [5.74, 6) is 0.122. The van der Waals surface area contributed by atoms with E-state index in [2.05, 4.69) is 9.27 Å². The van der Waals surface area contributed by atoms with Crippen molar-refractivity contribution < 1.29 is 13.5 Å². The van der Waals surface area contributed by atoms with Gasteiger partial charge in [-0.1, -0.05) is 6.92 Å². The van der Waals surface area contributed by atoms with Gasteiger partial charge < -0.3 is 15.7 Å². The van der Waals surface area contributed by atoms with Crippen molar-refractivity contribution in [2.75, 3.05) is 55.7 Å². The molecule has 0 bridgehead atoms. The Hall–Kier alpha value is -0.900. The van der Waals surface area contributed by atoms with E-state index in [9.17, 15) is 8.42 Å². The number of hydrogen-bond donors (Lipinski definition) is 2. The minimum absolute atomic E-state index is 0.0209. The van der Waals surface area contributed by atoms with Crippen molar-refractivity contribution in [1.82, 2.24) is 9.27 Å². The van der Waals surface area contributed by atoms with Crippen LogP contribution in [0.5, 0.6) is 0 Å². The minimum Gasteiger partial charge on any atom is -0.395 e. The van der Waals surface area contributed by atoms with Crippen LogP contribution in [0.15, 0.2) is 4.90 Å². The van der Waals surface area contributed by atoms with Crippen LogP contribution in [0.2, 0.25) is 0 Å². The lowest BCUT2D eigenvalue weighted by molar-refractivity contribution is 0.189. The number of β-amino-alcohol motifs (C(OH)–C–C–N with tert-alkyl or cyclic N) is 1. The second-order valence-corrected chi connectivity index (χ2v) is 7.62. The molecule has 0 aliphatic carbocycles. The number of nitrogen functional groups attached to an aromatic ring is 1. The van der Waals surface area contributed by atoms with Crippen molar-refractivity contribution in [2.45, 2.75) is 11.8 Å². The average molecular weight is 320 g/mol. The Balaban J connectivity index is 2.19. The number of aromatic nitrogens is 1. The zero-order valence-corrected chi connectivity index (χ0v) is 13.1. The molecule has 0 aromatic carbocycles. The van der Waals surface area contributed by atoms with E-state index in [-0.39, 0.29) is 23.1 Å². The molecule has 9 heteroatoms. The van der Waals surface area contributed by atoms with E-state index in [0.717, 1.165) is 24.6 Å². The molecular formula is C11H20N4O3S2. The lowest BCUT2D eigenvalue weighted by atomic mass is 10.3. The average Bonchev–Trinajstić information content (AvgIpc) is 2.83. The van der Waals surface area contributed by atoms with Crippen LogP contribution in [-0.4, -0.2) is 67.9 Å². The molecule has 0 spiro atoms. The monoisotopic (exact) mass is 320 g/mol. The quantitative estimate of drug-likeness (QED) is 0.764. The van der Waals surface area contributed by atoms with Gasteiger partial charge in [-0.15, -0.1) is 0 Å². The standard InChI is InChI=1S/C11H20N4O3S2/c1-2-20(17,18)9-10(12)13-19-11(9)15-5-3-14(4-6-15)7-8-16/h16H,2-8H2,1H3,(H2,12,13). The van der Waals surface area contributed by atoms with Gasteiger partial charge in [0.05, 0.1) is 12.4 Å². The van der Waals surface area contributed by atoms with Crippen LogP contribution in [-0.2, 0) is 9.84 Å². The Morgan fingerprint density at radius 2 is 2.00 bits per heavy atom. The third-order valence-corrected chi connectivity index (χ3v) is 6.26. The number of rotatable bonds is 5. The van der Waals surface area contributed by atoms with Crippen LogP contribution in [0, 0.1) is 0 Å². The van der Waals surface area contributed by atoms with Crippen LogP contribution in [0.4, 0.5) is 10.8 Å². The van der Waals surface area contributed by atoms with Gasteiger partial charge in [-0.2, -0.15) is 4.37 Å². The molecule has 1 aliphatic rings. The molecule has 0 atom stereocenters. The summed E-state index contributed by atoms with van der Waals surface area (Å²) in [6, 6.07) is 0. The summed E-state index contributed by atoms with van der Waals surface area (Å²) < 4.78 is 28.3. The van der Waals surface area contributed by atoms with Crippen molar-refractivity contribution in [3.8, 4) is 0 Å². The maximum Gasteiger partial charge on any atom is 0.184 e. The summed E-state index contributed by atoms with van der Waals surface area (Å²) in [6.07, 6.45) is 0. The molecule has 0 radical (unpaired) electrons. The summed E-state index contributed by atoms with van der Waals surface area (Å²) in [6.45, 7) is 5.42. The molecule has 0 amide bonds. The topological polar surface area (TPSA) is 99.8 Å². The van der Waals surface area contributed by atoms with Crippen LogP contribution in [0.3, 0.4) is 0 Å². The highest BCUT2D eigenvalue weighted by atomic mass is 32.2. The number of nitrogens with two attached hydrogens (primary N) is 1. The minimum atomic E-state index is -3.36. The van der Waals surface area contributed by atoms with E-state index in [0.29, 0.717) is 24.6 Å². The Morgan fingerprint density at radius 3 is 2.55 bits per heavy atom. The van der Waals surface area contributed by atoms with E-state index in [1.54, 1.807) is 6.92 Å². The molecule has 1 aromatic rings. The number of aliphatic hydroxyl groups is 1. The van der Waals surface area contributed by atoms with Crippen molar-refractivity contribution in [1.29, 1.82) is 0 Å². The summed E-state index contributed by atoms with van der Waals surface area (Å²) in [5, 5.41) is 9.57. The second-order valence-electron chi connectivity index (χ2n) is 4.66. The van der Waals surface area contributed by atoms with Gasteiger partial charge in [0, 0.05) is 32.7 Å². The fourth-order valence-corrected chi connectivity index (χ4v) is 4.60. The van der Waals surface area contributed by atoms with Crippen LogP contribution >= 0.6 is 11.5 Å². The maximum absolute atomic E-state index is 12.1. The lowest BCUT2D eigenvalue weighted by Crippen LogP contribution is -2.47. The van der Waals surface area contributed by atoms with E-state index < -0.39 is 9.84 Å². The van der Waals surface area contributed by atoms with E-state index in [1.807, 2.05) is 4.90 Å². The summed E-state index contributed by atoms with van der Waals surface area (Å²) in [5.41, 5.74) is 5.73. The third kappa shape index (κ3) is 3.05. The predicted molar refractivity (Wildman–Crippen MR) is 80.0 cm³/mol. The normalized spacial score (nSPS) is 17.6. The first-order valence-corrected chi connectivity index (χ1v) is 8.98. The molecule has 7 nitrogen and oxygen atoms in total. The smallest absolute Gasteiger partial charge is 0.184 e. The summed E-state index contributed by atoms with van der Waals surface area (Å²) in [4.78, 5) is 4.35. The first kappa shape index (κ1) is 15.5. The Bertz CT molecular complexity index is 550. The van der Waals surface area contributed by atoms with Gasteiger partial charge in [0.2, 0.25) is 0 Å². The molecule has 1 aromatic heterocycles. The zero-order valence-electron chi connectivity index (χ0n) is 11.4. The molecular weight excluding hydrogens is 300 g/mol. The molecule has 2 rings (SSSR count). The van der Waals surface area contributed by atoms with Crippen molar-refractivity contribution in [3.63, 3.8) is 0 Å². The van der Waals surface area contributed by atoms with Gasteiger partial charge in [-0.3, -0.25) is 4.90 Å². The Kier molecular flexibility index (Phi) is 4.84. The van der Waals surface area contributed by atoms with Crippen LogP contribution < -0.4 is 10.6 Å². The van der Waals surface area contributed by atoms with Crippen LogP contribution in [0.25, 0.3) is 0 Å². The third-order valence-electron chi connectivity index (χ3n) is 3.42. The molecule has 3 N–H and O–H groups in total. The fourth-order valence-electron chi connectivity index (χ4n) is 2.24. The molecule has 2 heterocycles. The number of nitrogens with zero attached hydrogens (tertiary/aromatic N) is 3. The molecule has 20 heavy (non-hydrogen) atoms.